The summed E-state index contributed by atoms with van der Waals surface area (Å²) in [7, 11) is -1.08. The van der Waals surface area contributed by atoms with E-state index < -0.39 is 9.84 Å². The van der Waals surface area contributed by atoms with Crippen LogP contribution < -0.4 is 10.2 Å². The van der Waals surface area contributed by atoms with Gasteiger partial charge in [0.15, 0.2) is 9.84 Å². The lowest BCUT2D eigenvalue weighted by Crippen LogP contribution is -2.28. The highest BCUT2D eigenvalue weighted by atomic mass is 32.2. The molecule has 6 nitrogen and oxygen atoms in total. The van der Waals surface area contributed by atoms with Gasteiger partial charge in [-0.2, -0.15) is 0 Å². The number of hydrogen-bond acceptors (Lipinski definition) is 6. The third kappa shape index (κ3) is 3.10. The molecule has 0 spiro atoms. The summed E-state index contributed by atoms with van der Waals surface area (Å²) in [5.74, 6) is 2.70. The molecule has 0 unspecified atom stereocenters. The van der Waals surface area contributed by atoms with Gasteiger partial charge >= 0.3 is 0 Å². The summed E-state index contributed by atoms with van der Waals surface area (Å²) in [6.45, 7) is 3.06. The van der Waals surface area contributed by atoms with Gasteiger partial charge in [-0.05, 0) is 13.3 Å². The Kier molecular flexibility index (Phi) is 3.70. The number of nitrogens with one attached hydrogen (secondary N) is 1. The zero-order valence-electron chi connectivity index (χ0n) is 10.7. The van der Waals surface area contributed by atoms with Crippen LogP contribution in [0.15, 0.2) is 6.07 Å². The van der Waals surface area contributed by atoms with Crippen molar-refractivity contribution in [2.45, 2.75) is 13.3 Å². The maximum absolute atomic E-state index is 11.6. The van der Waals surface area contributed by atoms with Crippen molar-refractivity contribution in [1.29, 1.82) is 0 Å². The van der Waals surface area contributed by atoms with E-state index in [9.17, 15) is 8.42 Å². The van der Waals surface area contributed by atoms with Crippen LogP contribution in [0.2, 0.25) is 0 Å². The molecule has 7 heteroatoms. The van der Waals surface area contributed by atoms with Crippen molar-refractivity contribution in [3.05, 3.63) is 11.9 Å². The van der Waals surface area contributed by atoms with E-state index in [0.29, 0.717) is 18.8 Å². The second-order valence-electron chi connectivity index (χ2n) is 4.40. The summed E-state index contributed by atoms with van der Waals surface area (Å²) in [6, 6.07) is 1.85. The smallest absolute Gasteiger partial charge is 0.152 e. The highest BCUT2D eigenvalue weighted by Crippen LogP contribution is 2.18. The van der Waals surface area contributed by atoms with E-state index >= 15 is 0 Å². The molecular weight excluding hydrogens is 252 g/mol. The molecule has 0 amide bonds. The molecule has 18 heavy (non-hydrogen) atoms. The van der Waals surface area contributed by atoms with Crippen LogP contribution >= 0.6 is 0 Å². The Hall–Kier alpha value is -1.37. The molecule has 2 rings (SSSR count). The van der Waals surface area contributed by atoms with Gasteiger partial charge < -0.3 is 10.2 Å². The van der Waals surface area contributed by atoms with Crippen molar-refractivity contribution >= 4 is 21.5 Å². The topological polar surface area (TPSA) is 75.2 Å². The molecule has 1 saturated heterocycles. The van der Waals surface area contributed by atoms with E-state index in [1.54, 1.807) is 7.05 Å². The molecule has 0 aromatic carbocycles. The Morgan fingerprint density at radius 2 is 2.06 bits per heavy atom. The number of nitrogens with zero attached hydrogens (tertiary/aromatic N) is 3. The van der Waals surface area contributed by atoms with Crippen molar-refractivity contribution in [3.63, 3.8) is 0 Å². The lowest BCUT2D eigenvalue weighted by molar-refractivity contribution is 0.597. The molecule has 1 N–H and O–H groups in total. The number of hydrogen-bond donors (Lipinski definition) is 1. The summed E-state index contributed by atoms with van der Waals surface area (Å²) in [5.41, 5.74) is 0. The second-order valence-corrected chi connectivity index (χ2v) is 6.70. The lowest BCUT2D eigenvalue weighted by Gasteiger charge is -2.21. The zero-order chi connectivity index (χ0) is 13.2. The first-order chi connectivity index (χ1) is 8.50. The zero-order valence-corrected chi connectivity index (χ0v) is 11.5. The second kappa shape index (κ2) is 5.09. The van der Waals surface area contributed by atoms with Crippen LogP contribution in [0.4, 0.5) is 11.6 Å². The van der Waals surface area contributed by atoms with Crippen molar-refractivity contribution in [2.75, 3.05) is 41.9 Å². The first-order valence-electron chi connectivity index (χ1n) is 5.99. The van der Waals surface area contributed by atoms with Crippen LogP contribution in [0.25, 0.3) is 0 Å². The minimum absolute atomic E-state index is 0.199. The minimum atomic E-state index is -2.89. The normalized spacial score (nSPS) is 19.3. The fraction of sp³-hybridized carbons (Fsp3) is 0.636. The first-order valence-corrected chi connectivity index (χ1v) is 7.81. The number of aryl methyl sites for hydroxylation is 1. The molecule has 0 radical (unpaired) electrons. The van der Waals surface area contributed by atoms with Crippen molar-refractivity contribution in [3.8, 4) is 0 Å². The van der Waals surface area contributed by atoms with Crippen LogP contribution in [0.3, 0.4) is 0 Å². The van der Waals surface area contributed by atoms with Gasteiger partial charge in [-0.25, -0.2) is 18.4 Å². The maximum Gasteiger partial charge on any atom is 0.152 e. The lowest BCUT2D eigenvalue weighted by atomic mass is 10.3. The SMILES string of the molecule is CNc1cc(N2CCCS(=O)(=O)CC2)nc(C)n1. The molecule has 0 bridgehead atoms. The van der Waals surface area contributed by atoms with E-state index in [1.807, 2.05) is 17.9 Å². The third-order valence-electron chi connectivity index (χ3n) is 2.96. The molecule has 1 fully saturated rings. The number of rotatable bonds is 2. The average molecular weight is 270 g/mol. The average Bonchev–Trinajstić information content (AvgIpc) is 2.49. The van der Waals surface area contributed by atoms with E-state index in [-0.39, 0.29) is 11.5 Å². The summed E-state index contributed by atoms with van der Waals surface area (Å²) in [6.07, 6.45) is 0.653. The van der Waals surface area contributed by atoms with Gasteiger partial charge in [0.25, 0.3) is 0 Å². The van der Waals surface area contributed by atoms with Gasteiger partial charge in [-0.1, -0.05) is 0 Å². The summed E-state index contributed by atoms with van der Waals surface area (Å²) in [5, 5.41) is 2.98. The van der Waals surface area contributed by atoms with Gasteiger partial charge in [0, 0.05) is 26.2 Å². The Balaban J connectivity index is 2.23. The van der Waals surface area contributed by atoms with Crippen molar-refractivity contribution in [2.24, 2.45) is 0 Å². The van der Waals surface area contributed by atoms with Gasteiger partial charge in [-0.15, -0.1) is 0 Å². The van der Waals surface area contributed by atoms with Gasteiger partial charge in [0.2, 0.25) is 0 Å². The van der Waals surface area contributed by atoms with Crippen LogP contribution in [0, 0.1) is 6.92 Å². The Labute approximate surface area is 107 Å². The van der Waals surface area contributed by atoms with Gasteiger partial charge in [-0.3, -0.25) is 0 Å². The molecule has 0 saturated carbocycles. The van der Waals surface area contributed by atoms with E-state index in [4.69, 9.17) is 0 Å². The van der Waals surface area contributed by atoms with Gasteiger partial charge in [0.1, 0.15) is 17.5 Å². The standard InChI is InChI=1S/C11H18N4O2S/c1-9-13-10(12-2)8-11(14-9)15-4-3-6-18(16,17)7-5-15/h8H,3-7H2,1-2H3,(H,12,13,14). The Bertz CT molecular complexity index is 530. The summed E-state index contributed by atoms with van der Waals surface area (Å²) in [4.78, 5) is 10.6. The number of aromatic nitrogens is 2. The molecule has 2 heterocycles. The van der Waals surface area contributed by atoms with Gasteiger partial charge in [0.05, 0.1) is 11.5 Å². The molecule has 1 aromatic rings. The first kappa shape index (κ1) is 13.1. The molecular formula is C11H18N4O2S. The molecule has 1 aliphatic heterocycles. The highest BCUT2D eigenvalue weighted by Gasteiger charge is 2.20. The van der Waals surface area contributed by atoms with Crippen LogP contribution in [-0.2, 0) is 9.84 Å². The minimum Gasteiger partial charge on any atom is -0.373 e. The monoisotopic (exact) mass is 270 g/mol. The Morgan fingerprint density at radius 3 is 2.78 bits per heavy atom. The largest absolute Gasteiger partial charge is 0.373 e. The predicted octanol–water partition coefficient (Wildman–Crippen LogP) is 0.452. The van der Waals surface area contributed by atoms with Crippen LogP contribution in [-0.4, -0.2) is 50.0 Å². The molecule has 100 valence electrons. The summed E-state index contributed by atoms with van der Waals surface area (Å²) >= 11 is 0. The Morgan fingerprint density at radius 1 is 1.28 bits per heavy atom. The van der Waals surface area contributed by atoms with E-state index in [2.05, 4.69) is 15.3 Å². The molecule has 1 aliphatic rings. The maximum atomic E-state index is 11.6. The number of sulfone groups is 1. The third-order valence-corrected chi connectivity index (χ3v) is 4.68. The predicted molar refractivity (Wildman–Crippen MR) is 71.8 cm³/mol. The highest BCUT2D eigenvalue weighted by molar-refractivity contribution is 7.91. The van der Waals surface area contributed by atoms with E-state index in [0.717, 1.165) is 18.2 Å². The molecule has 0 atom stereocenters. The fourth-order valence-corrected chi connectivity index (χ4v) is 3.28. The van der Waals surface area contributed by atoms with Crippen molar-refractivity contribution < 1.29 is 8.42 Å². The fourth-order valence-electron chi connectivity index (χ4n) is 2.01. The van der Waals surface area contributed by atoms with Crippen molar-refractivity contribution in [1.82, 2.24) is 9.97 Å². The quantitative estimate of drug-likeness (QED) is 0.841. The van der Waals surface area contributed by atoms with Crippen LogP contribution in [0.5, 0.6) is 0 Å². The number of anilines is 2. The molecule has 1 aromatic heterocycles. The summed E-state index contributed by atoms with van der Waals surface area (Å²) < 4.78 is 23.1. The van der Waals surface area contributed by atoms with Crippen LogP contribution in [0.1, 0.15) is 12.2 Å². The molecule has 0 aliphatic carbocycles. The van der Waals surface area contributed by atoms with E-state index in [1.165, 1.54) is 0 Å².